The summed E-state index contributed by atoms with van der Waals surface area (Å²) < 4.78 is 5.28. The second-order valence-corrected chi connectivity index (χ2v) is 4.94. The quantitative estimate of drug-likeness (QED) is 0.909. The maximum atomic E-state index is 6.37. The number of nitrogens with one attached hydrogen (secondary N) is 1. The first kappa shape index (κ1) is 13.9. The van der Waals surface area contributed by atoms with Gasteiger partial charge in [-0.05, 0) is 48.9 Å². The molecule has 3 heteroatoms. The van der Waals surface area contributed by atoms with Gasteiger partial charge in [-0.25, -0.2) is 0 Å². The lowest BCUT2D eigenvalue weighted by Crippen LogP contribution is -2.04. The predicted octanol–water partition coefficient (Wildman–Crippen LogP) is 4.04. The van der Waals surface area contributed by atoms with Crippen LogP contribution in [0.1, 0.15) is 11.1 Å². The van der Waals surface area contributed by atoms with Crippen LogP contribution in [0.15, 0.2) is 36.4 Å². The molecule has 0 amide bonds. The Hall–Kier alpha value is -1.51. The van der Waals surface area contributed by atoms with E-state index in [2.05, 4.69) is 23.5 Å². The highest BCUT2D eigenvalue weighted by Crippen LogP contribution is 2.31. The van der Waals surface area contributed by atoms with Gasteiger partial charge in [0.25, 0.3) is 0 Å². The Balaban J connectivity index is 2.39. The fourth-order valence-corrected chi connectivity index (χ4v) is 2.47. The zero-order valence-corrected chi connectivity index (χ0v) is 12.2. The molecule has 0 heterocycles. The summed E-state index contributed by atoms with van der Waals surface area (Å²) >= 11 is 6.37. The number of aryl methyl sites for hydroxylation is 1. The van der Waals surface area contributed by atoms with Crippen LogP contribution >= 0.6 is 11.6 Å². The number of benzene rings is 2. The second kappa shape index (κ2) is 6.09. The summed E-state index contributed by atoms with van der Waals surface area (Å²) in [6, 6.07) is 12.3. The molecule has 2 nitrogen and oxygen atoms in total. The zero-order chi connectivity index (χ0) is 13.8. The molecule has 0 bridgehead atoms. The summed E-state index contributed by atoms with van der Waals surface area (Å²) in [7, 11) is 3.61. The van der Waals surface area contributed by atoms with Gasteiger partial charge in [0.15, 0.2) is 0 Å². The highest BCUT2D eigenvalue weighted by atomic mass is 35.5. The van der Waals surface area contributed by atoms with E-state index in [-0.39, 0.29) is 0 Å². The molecule has 0 aliphatic carbocycles. The third-order valence-electron chi connectivity index (χ3n) is 3.12. The molecule has 0 saturated carbocycles. The first-order valence-corrected chi connectivity index (χ1v) is 6.61. The van der Waals surface area contributed by atoms with Crippen molar-refractivity contribution in [3.8, 4) is 16.9 Å². The van der Waals surface area contributed by atoms with Crippen LogP contribution in [0.25, 0.3) is 11.1 Å². The maximum absolute atomic E-state index is 6.37. The Labute approximate surface area is 119 Å². The topological polar surface area (TPSA) is 21.3 Å². The normalized spacial score (nSPS) is 10.5. The molecule has 0 aliphatic heterocycles. The summed E-state index contributed by atoms with van der Waals surface area (Å²) in [6.45, 7) is 2.85. The van der Waals surface area contributed by atoms with Gasteiger partial charge < -0.3 is 10.1 Å². The van der Waals surface area contributed by atoms with Crippen molar-refractivity contribution in [3.63, 3.8) is 0 Å². The molecule has 0 aliphatic rings. The minimum Gasteiger partial charge on any atom is -0.496 e. The van der Waals surface area contributed by atoms with Crippen molar-refractivity contribution >= 4 is 11.6 Å². The van der Waals surface area contributed by atoms with E-state index in [1.165, 1.54) is 5.56 Å². The van der Waals surface area contributed by atoms with Crippen LogP contribution in [-0.4, -0.2) is 14.2 Å². The molecule has 19 heavy (non-hydrogen) atoms. The third kappa shape index (κ3) is 3.09. The SMILES string of the molecule is CNCc1ccc(-c2ccc(OC)c(C)c2)c(Cl)c1. The molecule has 0 aromatic heterocycles. The van der Waals surface area contributed by atoms with Gasteiger partial charge in [0.05, 0.1) is 7.11 Å². The lowest BCUT2D eigenvalue weighted by Gasteiger charge is -2.10. The Morgan fingerprint density at radius 3 is 2.53 bits per heavy atom. The molecule has 0 radical (unpaired) electrons. The number of methoxy groups -OCH3 is 1. The zero-order valence-electron chi connectivity index (χ0n) is 11.5. The molecule has 0 unspecified atom stereocenters. The maximum Gasteiger partial charge on any atom is 0.121 e. The van der Waals surface area contributed by atoms with Crippen molar-refractivity contribution in [3.05, 3.63) is 52.5 Å². The molecule has 1 N–H and O–H groups in total. The van der Waals surface area contributed by atoms with Crippen molar-refractivity contribution in [2.45, 2.75) is 13.5 Å². The highest BCUT2D eigenvalue weighted by molar-refractivity contribution is 6.33. The average Bonchev–Trinajstić information content (AvgIpc) is 2.39. The van der Waals surface area contributed by atoms with Gasteiger partial charge in [-0.3, -0.25) is 0 Å². The fourth-order valence-electron chi connectivity index (χ4n) is 2.15. The van der Waals surface area contributed by atoms with Gasteiger partial charge in [0, 0.05) is 17.1 Å². The summed E-state index contributed by atoms with van der Waals surface area (Å²) in [4.78, 5) is 0. The minimum absolute atomic E-state index is 0.775. The Morgan fingerprint density at radius 2 is 1.95 bits per heavy atom. The molecule has 2 aromatic rings. The van der Waals surface area contributed by atoms with E-state index < -0.39 is 0 Å². The number of rotatable bonds is 4. The summed E-state index contributed by atoms with van der Waals surface area (Å²) in [5, 5.41) is 3.89. The van der Waals surface area contributed by atoms with E-state index in [4.69, 9.17) is 16.3 Å². The summed E-state index contributed by atoms with van der Waals surface area (Å²) in [5.41, 5.74) is 4.45. The van der Waals surface area contributed by atoms with Crippen LogP contribution in [-0.2, 0) is 6.54 Å². The molecular weight excluding hydrogens is 258 g/mol. The Kier molecular flexibility index (Phi) is 4.46. The van der Waals surface area contributed by atoms with Crippen molar-refractivity contribution in [2.24, 2.45) is 0 Å². The Morgan fingerprint density at radius 1 is 1.16 bits per heavy atom. The summed E-state index contributed by atoms with van der Waals surface area (Å²) in [5.74, 6) is 0.895. The van der Waals surface area contributed by atoms with Crippen molar-refractivity contribution in [1.82, 2.24) is 5.32 Å². The number of hydrogen-bond donors (Lipinski definition) is 1. The van der Waals surface area contributed by atoms with Crippen molar-refractivity contribution in [2.75, 3.05) is 14.2 Å². The van der Waals surface area contributed by atoms with Crippen LogP contribution in [0.3, 0.4) is 0 Å². The van der Waals surface area contributed by atoms with Crippen molar-refractivity contribution in [1.29, 1.82) is 0 Å². The van der Waals surface area contributed by atoms with Gasteiger partial charge in [0.1, 0.15) is 5.75 Å². The fraction of sp³-hybridized carbons (Fsp3) is 0.250. The average molecular weight is 276 g/mol. The van der Waals surface area contributed by atoms with Gasteiger partial charge >= 0.3 is 0 Å². The standard InChI is InChI=1S/C16H18ClNO/c1-11-8-13(5-7-16(11)19-3)14-6-4-12(10-18-2)9-15(14)17/h4-9,18H,10H2,1-3H3. The number of halogens is 1. The van der Waals surface area contributed by atoms with E-state index >= 15 is 0 Å². The molecule has 0 fully saturated rings. The molecule has 2 aromatic carbocycles. The smallest absolute Gasteiger partial charge is 0.121 e. The monoisotopic (exact) mass is 275 g/mol. The van der Waals surface area contributed by atoms with Gasteiger partial charge in [-0.1, -0.05) is 29.8 Å². The second-order valence-electron chi connectivity index (χ2n) is 4.53. The molecule has 0 spiro atoms. The number of hydrogen-bond acceptors (Lipinski definition) is 2. The predicted molar refractivity (Wildman–Crippen MR) is 80.9 cm³/mol. The molecule has 100 valence electrons. The number of ether oxygens (including phenoxy) is 1. The van der Waals surface area contributed by atoms with Gasteiger partial charge in [-0.2, -0.15) is 0 Å². The minimum atomic E-state index is 0.775. The molecular formula is C16H18ClNO. The van der Waals surface area contributed by atoms with Crippen LogP contribution in [0.2, 0.25) is 5.02 Å². The van der Waals surface area contributed by atoms with E-state index in [1.54, 1.807) is 7.11 Å². The van der Waals surface area contributed by atoms with E-state index in [1.807, 2.05) is 32.2 Å². The highest BCUT2D eigenvalue weighted by Gasteiger charge is 2.07. The van der Waals surface area contributed by atoms with E-state index in [0.717, 1.165) is 34.0 Å². The lowest BCUT2D eigenvalue weighted by atomic mass is 10.0. The van der Waals surface area contributed by atoms with E-state index in [0.29, 0.717) is 0 Å². The first-order valence-electron chi connectivity index (χ1n) is 6.23. The molecule has 0 atom stereocenters. The molecule has 2 rings (SSSR count). The van der Waals surface area contributed by atoms with Crippen LogP contribution in [0, 0.1) is 6.92 Å². The first-order chi connectivity index (χ1) is 9.15. The lowest BCUT2D eigenvalue weighted by molar-refractivity contribution is 0.412. The van der Waals surface area contributed by atoms with Crippen LogP contribution in [0.4, 0.5) is 0 Å². The largest absolute Gasteiger partial charge is 0.496 e. The Bertz CT molecular complexity index is 581. The summed E-state index contributed by atoms with van der Waals surface area (Å²) in [6.07, 6.45) is 0. The molecule has 0 saturated heterocycles. The van der Waals surface area contributed by atoms with E-state index in [9.17, 15) is 0 Å². The van der Waals surface area contributed by atoms with Gasteiger partial charge in [-0.15, -0.1) is 0 Å². The van der Waals surface area contributed by atoms with Gasteiger partial charge in [0.2, 0.25) is 0 Å². The van der Waals surface area contributed by atoms with Crippen LogP contribution in [0.5, 0.6) is 5.75 Å². The van der Waals surface area contributed by atoms with Crippen LogP contribution < -0.4 is 10.1 Å². The third-order valence-corrected chi connectivity index (χ3v) is 3.43. The van der Waals surface area contributed by atoms with Crippen molar-refractivity contribution < 1.29 is 4.74 Å².